The van der Waals surface area contributed by atoms with E-state index in [-0.39, 0.29) is 11.3 Å². The van der Waals surface area contributed by atoms with Crippen LogP contribution in [0.3, 0.4) is 0 Å². The minimum atomic E-state index is -0.858. The van der Waals surface area contributed by atoms with Gasteiger partial charge in [-0.2, -0.15) is 0 Å². The SMILES string of the molecule is CCCCCOc1ccc(C2/C(=C(\O)c3ccc(C)cc3)C(=O)C(=O)N2c2nc3ccc(OC)cc3s2)cc1. The number of aliphatic hydroxyl groups is 1. The molecule has 7 nitrogen and oxygen atoms in total. The molecule has 39 heavy (non-hydrogen) atoms. The van der Waals surface area contributed by atoms with Crippen LogP contribution in [-0.4, -0.2) is 35.5 Å². The molecule has 3 aromatic carbocycles. The van der Waals surface area contributed by atoms with E-state index in [0.717, 1.165) is 29.5 Å². The molecule has 1 aliphatic heterocycles. The van der Waals surface area contributed by atoms with Gasteiger partial charge < -0.3 is 14.6 Å². The second kappa shape index (κ2) is 11.3. The number of methoxy groups -OCH3 is 1. The van der Waals surface area contributed by atoms with Gasteiger partial charge in [-0.3, -0.25) is 14.5 Å². The highest BCUT2D eigenvalue weighted by atomic mass is 32.1. The zero-order valence-electron chi connectivity index (χ0n) is 22.1. The standard InChI is InChI=1S/C31H30N2O5S/c1-4-5-6-17-38-22-13-11-20(12-14-22)27-26(28(34)21-9-7-19(2)8-10-21)29(35)30(36)33(27)31-32-24-16-15-23(37-3)18-25(24)39-31/h7-16,18,27,34H,4-6,17H2,1-3H3/b28-26+. The summed E-state index contributed by atoms with van der Waals surface area (Å²) in [6, 6.07) is 19.1. The molecule has 1 unspecified atom stereocenters. The van der Waals surface area contributed by atoms with E-state index < -0.39 is 17.7 Å². The molecule has 1 saturated heterocycles. The first-order valence-electron chi connectivity index (χ1n) is 13.0. The van der Waals surface area contributed by atoms with Crippen LogP contribution in [0, 0.1) is 6.92 Å². The quantitative estimate of drug-likeness (QED) is 0.108. The number of fused-ring (bicyclic) bond motifs is 1. The number of anilines is 1. The number of aryl methyl sites for hydroxylation is 1. The molecule has 0 bridgehead atoms. The van der Waals surface area contributed by atoms with E-state index in [9.17, 15) is 14.7 Å². The van der Waals surface area contributed by atoms with E-state index in [1.54, 1.807) is 25.3 Å². The fraction of sp³-hybridized carbons (Fsp3) is 0.258. The number of ketones is 1. The predicted molar refractivity (Wildman–Crippen MR) is 154 cm³/mol. The third-order valence-electron chi connectivity index (χ3n) is 6.77. The number of hydrogen-bond donors (Lipinski definition) is 1. The molecule has 5 rings (SSSR count). The highest BCUT2D eigenvalue weighted by Crippen LogP contribution is 2.45. The smallest absolute Gasteiger partial charge is 0.301 e. The summed E-state index contributed by atoms with van der Waals surface area (Å²) in [5.74, 6) is -0.333. The number of benzene rings is 3. The number of ether oxygens (including phenoxy) is 2. The first-order chi connectivity index (χ1) is 18.9. The Bertz CT molecular complexity index is 1540. The predicted octanol–water partition coefficient (Wildman–Crippen LogP) is 6.81. The van der Waals surface area contributed by atoms with Gasteiger partial charge in [0.25, 0.3) is 5.78 Å². The van der Waals surface area contributed by atoms with Crippen molar-refractivity contribution in [2.45, 2.75) is 39.2 Å². The lowest BCUT2D eigenvalue weighted by molar-refractivity contribution is -0.132. The maximum Gasteiger partial charge on any atom is 0.301 e. The van der Waals surface area contributed by atoms with Crippen molar-refractivity contribution in [2.75, 3.05) is 18.6 Å². The lowest BCUT2D eigenvalue weighted by atomic mass is 9.95. The number of carbonyl (C=O) groups excluding carboxylic acids is 2. The van der Waals surface area contributed by atoms with E-state index in [0.29, 0.717) is 39.9 Å². The average molecular weight is 543 g/mol. The van der Waals surface area contributed by atoms with Gasteiger partial charge >= 0.3 is 5.91 Å². The van der Waals surface area contributed by atoms with Crippen molar-refractivity contribution < 1.29 is 24.2 Å². The Kier molecular flexibility index (Phi) is 7.65. The zero-order chi connectivity index (χ0) is 27.5. The Morgan fingerprint density at radius 1 is 1.00 bits per heavy atom. The van der Waals surface area contributed by atoms with Crippen LogP contribution in [0.5, 0.6) is 11.5 Å². The summed E-state index contributed by atoms with van der Waals surface area (Å²) in [5, 5.41) is 11.7. The van der Waals surface area contributed by atoms with Crippen molar-refractivity contribution in [2.24, 2.45) is 0 Å². The van der Waals surface area contributed by atoms with Crippen molar-refractivity contribution in [1.82, 2.24) is 4.98 Å². The monoisotopic (exact) mass is 542 g/mol. The van der Waals surface area contributed by atoms with Crippen LogP contribution in [0.4, 0.5) is 5.13 Å². The molecule has 1 aliphatic rings. The summed E-state index contributed by atoms with van der Waals surface area (Å²) in [6.07, 6.45) is 3.18. The van der Waals surface area contributed by atoms with E-state index in [2.05, 4.69) is 11.9 Å². The minimum Gasteiger partial charge on any atom is -0.507 e. The summed E-state index contributed by atoms with van der Waals surface area (Å²) >= 11 is 1.29. The van der Waals surface area contributed by atoms with Crippen molar-refractivity contribution in [3.05, 3.63) is 89.0 Å². The van der Waals surface area contributed by atoms with Gasteiger partial charge in [-0.05, 0) is 49.2 Å². The van der Waals surface area contributed by atoms with E-state index in [4.69, 9.17) is 9.47 Å². The normalized spacial score (nSPS) is 16.7. The summed E-state index contributed by atoms with van der Waals surface area (Å²) < 4.78 is 12.0. The Balaban J connectivity index is 1.60. The maximum atomic E-state index is 13.5. The van der Waals surface area contributed by atoms with E-state index in [1.807, 2.05) is 55.5 Å². The maximum absolute atomic E-state index is 13.5. The van der Waals surface area contributed by atoms with Gasteiger partial charge in [-0.1, -0.05) is 73.1 Å². The molecule has 1 N–H and O–H groups in total. The second-order valence-corrected chi connectivity index (χ2v) is 10.5. The third kappa shape index (κ3) is 5.25. The molecule has 4 aromatic rings. The van der Waals surface area contributed by atoms with Crippen molar-refractivity contribution in [1.29, 1.82) is 0 Å². The number of amides is 1. The summed E-state index contributed by atoms with van der Waals surface area (Å²) in [4.78, 5) is 33.0. The number of aliphatic hydroxyl groups excluding tert-OH is 1. The molecule has 0 radical (unpaired) electrons. The van der Waals surface area contributed by atoms with Crippen LogP contribution in [0.15, 0.2) is 72.3 Å². The molecule has 0 saturated carbocycles. The van der Waals surface area contributed by atoms with Crippen LogP contribution in [0.1, 0.15) is 48.9 Å². The Hall–Kier alpha value is -4.17. The molecule has 1 aromatic heterocycles. The van der Waals surface area contributed by atoms with E-state index >= 15 is 0 Å². The molecule has 1 atom stereocenters. The van der Waals surface area contributed by atoms with Crippen molar-refractivity contribution in [3.63, 3.8) is 0 Å². The van der Waals surface area contributed by atoms with E-state index in [1.165, 1.54) is 16.2 Å². The highest BCUT2D eigenvalue weighted by Gasteiger charge is 2.48. The number of unbranched alkanes of at least 4 members (excludes halogenated alkanes) is 2. The van der Waals surface area contributed by atoms with Gasteiger partial charge in [0.15, 0.2) is 5.13 Å². The largest absolute Gasteiger partial charge is 0.507 e. The Morgan fingerprint density at radius 3 is 2.41 bits per heavy atom. The lowest BCUT2D eigenvalue weighted by Crippen LogP contribution is -2.29. The van der Waals surface area contributed by atoms with Gasteiger partial charge in [0.1, 0.15) is 17.3 Å². The first kappa shape index (κ1) is 26.4. The second-order valence-electron chi connectivity index (χ2n) is 9.49. The summed E-state index contributed by atoms with van der Waals surface area (Å²) in [5.41, 5.74) is 2.86. The average Bonchev–Trinajstić information content (AvgIpc) is 3.49. The fourth-order valence-electron chi connectivity index (χ4n) is 4.62. The van der Waals surface area contributed by atoms with Crippen molar-refractivity contribution >= 4 is 44.1 Å². The molecule has 200 valence electrons. The van der Waals surface area contributed by atoms with Crippen molar-refractivity contribution in [3.8, 4) is 11.5 Å². The number of carbonyl (C=O) groups is 2. The van der Waals surface area contributed by atoms with Gasteiger partial charge in [0.2, 0.25) is 0 Å². The Morgan fingerprint density at radius 2 is 1.72 bits per heavy atom. The molecule has 2 heterocycles. The summed E-state index contributed by atoms with van der Waals surface area (Å²) in [6.45, 7) is 4.70. The molecule has 8 heteroatoms. The molecular formula is C31H30N2O5S. The number of Topliss-reactive ketones (excluding diaryl/α,β-unsaturated/α-hetero) is 1. The molecule has 1 amide bonds. The van der Waals surface area contributed by atoms with Gasteiger partial charge in [-0.15, -0.1) is 0 Å². The summed E-state index contributed by atoms with van der Waals surface area (Å²) in [7, 11) is 1.59. The van der Waals surface area contributed by atoms with Gasteiger partial charge in [-0.25, -0.2) is 4.98 Å². The van der Waals surface area contributed by atoms with Crippen LogP contribution in [0.25, 0.3) is 16.0 Å². The number of thiazole rings is 1. The van der Waals surface area contributed by atoms with Gasteiger partial charge in [0, 0.05) is 5.56 Å². The van der Waals surface area contributed by atoms with Crippen LogP contribution in [0.2, 0.25) is 0 Å². The molecule has 0 spiro atoms. The van der Waals surface area contributed by atoms with Gasteiger partial charge in [0.05, 0.1) is 35.5 Å². The number of rotatable bonds is 9. The lowest BCUT2D eigenvalue weighted by Gasteiger charge is -2.23. The fourth-order valence-corrected chi connectivity index (χ4v) is 5.64. The Labute approximate surface area is 231 Å². The van der Waals surface area contributed by atoms with Crippen LogP contribution >= 0.6 is 11.3 Å². The molecule has 0 aliphatic carbocycles. The molecule has 1 fully saturated rings. The molecular weight excluding hydrogens is 512 g/mol. The number of hydrogen-bond acceptors (Lipinski definition) is 7. The topological polar surface area (TPSA) is 89.0 Å². The first-order valence-corrected chi connectivity index (χ1v) is 13.8. The minimum absolute atomic E-state index is 0.0253. The zero-order valence-corrected chi connectivity index (χ0v) is 23.0. The van der Waals surface area contributed by atoms with Crippen LogP contribution in [-0.2, 0) is 9.59 Å². The number of nitrogens with zero attached hydrogens (tertiary/aromatic N) is 2. The van der Waals surface area contributed by atoms with Crippen LogP contribution < -0.4 is 14.4 Å². The third-order valence-corrected chi connectivity index (χ3v) is 7.79. The highest BCUT2D eigenvalue weighted by molar-refractivity contribution is 7.22. The number of aromatic nitrogens is 1.